The van der Waals surface area contributed by atoms with E-state index in [0.717, 1.165) is 23.2 Å². The van der Waals surface area contributed by atoms with Crippen LogP contribution in [0.2, 0.25) is 0 Å². The van der Waals surface area contributed by atoms with E-state index in [1.165, 1.54) is 24.3 Å². The van der Waals surface area contributed by atoms with Crippen molar-refractivity contribution in [3.63, 3.8) is 0 Å². The van der Waals surface area contributed by atoms with E-state index in [4.69, 9.17) is 4.74 Å². The third-order valence-corrected chi connectivity index (χ3v) is 5.55. The van der Waals surface area contributed by atoms with Crippen LogP contribution in [0.25, 0.3) is 6.08 Å². The minimum absolute atomic E-state index is 0.0600. The van der Waals surface area contributed by atoms with Crippen LogP contribution >= 0.6 is 22.7 Å². The summed E-state index contributed by atoms with van der Waals surface area (Å²) in [4.78, 5) is 30.2. The number of amides is 1. The molecule has 28 heavy (non-hydrogen) atoms. The molecule has 0 N–H and O–H groups in total. The minimum atomic E-state index is -0.430. The van der Waals surface area contributed by atoms with Crippen LogP contribution < -0.4 is 4.90 Å². The lowest BCUT2D eigenvalue weighted by molar-refractivity contribution is -0.139. The van der Waals surface area contributed by atoms with Gasteiger partial charge in [0.15, 0.2) is 5.13 Å². The summed E-state index contributed by atoms with van der Waals surface area (Å²) in [5, 5.41) is 6.25. The molecule has 3 rings (SSSR count). The first-order chi connectivity index (χ1) is 13.6. The molecule has 7 heteroatoms. The average Bonchev–Trinajstić information content (AvgIpc) is 3.37. The summed E-state index contributed by atoms with van der Waals surface area (Å²) in [6, 6.07) is 9.70. The van der Waals surface area contributed by atoms with Gasteiger partial charge in [0, 0.05) is 18.4 Å². The lowest BCUT2D eigenvalue weighted by Crippen LogP contribution is -2.23. The van der Waals surface area contributed by atoms with Gasteiger partial charge in [0.2, 0.25) is 5.91 Å². The normalized spacial score (nSPS) is 10.9. The molecule has 2 heterocycles. The number of aromatic nitrogens is 1. The van der Waals surface area contributed by atoms with E-state index in [0.29, 0.717) is 10.8 Å². The molecule has 0 saturated carbocycles. The van der Waals surface area contributed by atoms with Crippen LogP contribution in [0.5, 0.6) is 0 Å². The number of esters is 1. The third-order valence-electron chi connectivity index (χ3n) is 3.98. The number of aryl methyl sites for hydroxylation is 1. The van der Waals surface area contributed by atoms with Crippen molar-refractivity contribution >= 4 is 51.4 Å². The molecule has 144 valence electrons. The van der Waals surface area contributed by atoms with Crippen LogP contribution in [0.3, 0.4) is 0 Å². The first kappa shape index (κ1) is 20.0. The predicted octanol–water partition coefficient (Wildman–Crippen LogP) is 5.21. The van der Waals surface area contributed by atoms with Crippen molar-refractivity contribution in [1.29, 1.82) is 0 Å². The quantitative estimate of drug-likeness (QED) is 0.395. The van der Waals surface area contributed by atoms with Gasteiger partial charge in [-0.05, 0) is 46.5 Å². The van der Waals surface area contributed by atoms with E-state index in [9.17, 15) is 9.59 Å². The van der Waals surface area contributed by atoms with Gasteiger partial charge in [-0.1, -0.05) is 25.1 Å². The van der Waals surface area contributed by atoms with Gasteiger partial charge in [-0.25, -0.2) is 9.78 Å². The van der Waals surface area contributed by atoms with E-state index in [-0.39, 0.29) is 12.5 Å². The molecule has 0 aliphatic heterocycles. The number of carbonyl (C=O) groups is 2. The van der Waals surface area contributed by atoms with Gasteiger partial charge in [0.1, 0.15) is 6.61 Å². The van der Waals surface area contributed by atoms with Gasteiger partial charge >= 0.3 is 5.97 Å². The van der Waals surface area contributed by atoms with Crippen molar-refractivity contribution < 1.29 is 14.3 Å². The zero-order valence-corrected chi connectivity index (χ0v) is 17.3. The second kappa shape index (κ2) is 9.43. The molecule has 0 saturated heterocycles. The Morgan fingerprint density at radius 1 is 1.21 bits per heavy atom. The Balaban J connectivity index is 1.69. The fourth-order valence-corrected chi connectivity index (χ4v) is 4.12. The monoisotopic (exact) mass is 412 g/mol. The summed E-state index contributed by atoms with van der Waals surface area (Å²) in [5.74, 6) is -0.544. The smallest absolute Gasteiger partial charge is 0.331 e. The molecule has 0 fully saturated rings. The van der Waals surface area contributed by atoms with Crippen LogP contribution in [0.4, 0.5) is 10.8 Å². The van der Waals surface area contributed by atoms with Crippen molar-refractivity contribution in [2.75, 3.05) is 4.90 Å². The van der Waals surface area contributed by atoms with E-state index in [1.54, 1.807) is 27.7 Å². The van der Waals surface area contributed by atoms with Crippen molar-refractivity contribution in [1.82, 2.24) is 4.98 Å². The van der Waals surface area contributed by atoms with Crippen molar-refractivity contribution in [2.24, 2.45) is 0 Å². The van der Waals surface area contributed by atoms with Gasteiger partial charge in [0.25, 0.3) is 0 Å². The summed E-state index contributed by atoms with van der Waals surface area (Å²) in [6.45, 7) is 3.63. The molecule has 0 atom stereocenters. The fraction of sp³-hybridized carbons (Fsp3) is 0.190. The second-order valence-corrected chi connectivity index (χ2v) is 7.57. The Hall–Kier alpha value is -2.77. The van der Waals surface area contributed by atoms with E-state index in [2.05, 4.69) is 4.98 Å². The molecule has 2 aromatic heterocycles. The number of para-hydroxylation sites is 1. The Labute approximate surface area is 171 Å². The lowest BCUT2D eigenvalue weighted by Gasteiger charge is -2.20. The van der Waals surface area contributed by atoms with Crippen molar-refractivity contribution in [3.8, 4) is 0 Å². The molecule has 0 aliphatic carbocycles. The van der Waals surface area contributed by atoms with Crippen molar-refractivity contribution in [3.05, 3.63) is 69.4 Å². The Kier molecular flexibility index (Phi) is 6.73. The van der Waals surface area contributed by atoms with Gasteiger partial charge in [0.05, 0.1) is 11.4 Å². The number of hydrogen-bond donors (Lipinski definition) is 0. The van der Waals surface area contributed by atoms with Crippen molar-refractivity contribution in [2.45, 2.75) is 26.9 Å². The number of thiazole rings is 1. The van der Waals surface area contributed by atoms with Gasteiger partial charge in [-0.15, -0.1) is 11.3 Å². The summed E-state index contributed by atoms with van der Waals surface area (Å²) in [5.41, 5.74) is 3.47. The molecule has 0 unspecified atom stereocenters. The second-order valence-electron chi connectivity index (χ2n) is 5.96. The van der Waals surface area contributed by atoms with Gasteiger partial charge < -0.3 is 4.74 Å². The zero-order chi connectivity index (χ0) is 19.9. The van der Waals surface area contributed by atoms with Crippen LogP contribution in [-0.4, -0.2) is 16.9 Å². The third kappa shape index (κ3) is 4.94. The van der Waals surface area contributed by atoms with E-state index < -0.39 is 5.97 Å². The SMILES string of the molecule is CCc1ccccc1N(C(C)=O)c1nc(COC(=O)/C=C/c2ccsc2)cs1. The standard InChI is InChI=1S/C21H20N2O3S2/c1-3-17-6-4-5-7-19(17)23(15(2)24)21-22-18(14-28-21)12-26-20(25)9-8-16-10-11-27-13-16/h4-11,13-14H,3,12H2,1-2H3/b9-8+. The molecule has 0 radical (unpaired) electrons. The molecular weight excluding hydrogens is 392 g/mol. The molecule has 1 aromatic carbocycles. The van der Waals surface area contributed by atoms with Crippen LogP contribution in [0.15, 0.2) is 52.5 Å². The molecule has 0 bridgehead atoms. The van der Waals surface area contributed by atoms with Gasteiger partial charge in [-0.3, -0.25) is 9.69 Å². The molecular formula is C21H20N2O3S2. The summed E-state index contributed by atoms with van der Waals surface area (Å²) < 4.78 is 5.25. The fourth-order valence-electron chi connectivity index (χ4n) is 2.63. The predicted molar refractivity (Wildman–Crippen MR) is 114 cm³/mol. The molecule has 3 aromatic rings. The molecule has 0 aliphatic rings. The number of rotatable bonds is 7. The van der Waals surface area contributed by atoms with E-state index >= 15 is 0 Å². The number of benzene rings is 1. The van der Waals surface area contributed by atoms with Crippen LogP contribution in [0.1, 0.15) is 30.7 Å². The number of ether oxygens (including phenoxy) is 1. The molecule has 1 amide bonds. The molecule has 5 nitrogen and oxygen atoms in total. The highest BCUT2D eigenvalue weighted by atomic mass is 32.1. The first-order valence-electron chi connectivity index (χ1n) is 8.78. The highest BCUT2D eigenvalue weighted by Gasteiger charge is 2.20. The number of anilines is 2. The zero-order valence-electron chi connectivity index (χ0n) is 15.6. The highest BCUT2D eigenvalue weighted by Crippen LogP contribution is 2.31. The maximum absolute atomic E-state index is 12.3. The highest BCUT2D eigenvalue weighted by molar-refractivity contribution is 7.14. The number of hydrogen-bond acceptors (Lipinski definition) is 6. The summed E-state index contributed by atoms with van der Waals surface area (Å²) in [6.07, 6.45) is 3.92. The molecule has 0 spiro atoms. The Morgan fingerprint density at radius 3 is 2.75 bits per heavy atom. The Morgan fingerprint density at radius 2 is 2.04 bits per heavy atom. The minimum Gasteiger partial charge on any atom is -0.456 e. The first-order valence-corrected chi connectivity index (χ1v) is 10.6. The number of thiophene rings is 1. The van der Waals surface area contributed by atoms with Crippen LogP contribution in [-0.2, 0) is 27.4 Å². The number of nitrogens with zero attached hydrogens (tertiary/aromatic N) is 2. The largest absolute Gasteiger partial charge is 0.456 e. The maximum Gasteiger partial charge on any atom is 0.331 e. The summed E-state index contributed by atoms with van der Waals surface area (Å²) in [7, 11) is 0. The Bertz CT molecular complexity index is 977. The summed E-state index contributed by atoms with van der Waals surface area (Å²) >= 11 is 2.91. The van der Waals surface area contributed by atoms with Crippen LogP contribution in [0, 0.1) is 0 Å². The topological polar surface area (TPSA) is 59.5 Å². The maximum atomic E-state index is 12.3. The van der Waals surface area contributed by atoms with Gasteiger partial charge in [-0.2, -0.15) is 11.3 Å². The number of carbonyl (C=O) groups excluding carboxylic acids is 2. The average molecular weight is 413 g/mol. The van der Waals surface area contributed by atoms with E-state index in [1.807, 2.05) is 48.0 Å². The lowest BCUT2D eigenvalue weighted by atomic mass is 10.1.